The van der Waals surface area contributed by atoms with Crippen LogP contribution < -0.4 is 10.6 Å². The van der Waals surface area contributed by atoms with Gasteiger partial charge in [0.25, 0.3) is 5.91 Å². The summed E-state index contributed by atoms with van der Waals surface area (Å²) in [5.74, 6) is -5.00. The summed E-state index contributed by atoms with van der Waals surface area (Å²) in [5.41, 5.74) is -3.22. The first-order chi connectivity index (χ1) is 17.3. The van der Waals surface area contributed by atoms with Crippen molar-refractivity contribution in [2.45, 2.75) is 37.4 Å². The Labute approximate surface area is 219 Å². The zero-order chi connectivity index (χ0) is 29.1. The molecule has 2 unspecified atom stereocenters. The highest BCUT2D eigenvalue weighted by molar-refractivity contribution is 6.42. The summed E-state index contributed by atoms with van der Waals surface area (Å²) < 4.78 is 119. The van der Waals surface area contributed by atoms with Crippen molar-refractivity contribution in [2.75, 3.05) is 6.54 Å². The average Bonchev–Trinajstić information content (AvgIpc) is 2.77. The Morgan fingerprint density at radius 3 is 2.08 bits per heavy atom. The maximum absolute atomic E-state index is 13.7. The van der Waals surface area contributed by atoms with Crippen molar-refractivity contribution in [3.8, 4) is 0 Å². The van der Waals surface area contributed by atoms with E-state index in [4.69, 9.17) is 23.2 Å². The lowest BCUT2D eigenvalue weighted by Crippen LogP contribution is -2.47. The fraction of sp³-hybridized carbons (Fsp3) is 0.304. The molecule has 0 saturated heterocycles. The molecule has 0 aliphatic carbocycles. The minimum Gasteiger partial charge on any atom is -0.345 e. The second-order valence-electron chi connectivity index (χ2n) is 7.88. The first-order valence-electron chi connectivity index (χ1n) is 10.4. The van der Waals surface area contributed by atoms with Crippen molar-refractivity contribution in [2.24, 2.45) is 0 Å². The Kier molecular flexibility index (Phi) is 9.76. The molecule has 0 aliphatic rings. The lowest BCUT2D eigenvalue weighted by Gasteiger charge is -2.19. The van der Waals surface area contributed by atoms with E-state index in [2.05, 4.69) is 0 Å². The van der Waals surface area contributed by atoms with Gasteiger partial charge in [-0.3, -0.25) is 9.59 Å². The molecular weight excluding hydrogens is 578 g/mol. The zero-order valence-electron chi connectivity index (χ0n) is 19.0. The summed E-state index contributed by atoms with van der Waals surface area (Å²) in [7, 11) is 0. The van der Waals surface area contributed by atoms with Crippen LogP contribution in [0.1, 0.15) is 39.9 Å². The normalized spacial score (nSPS) is 14.3. The fourth-order valence-corrected chi connectivity index (χ4v) is 3.41. The molecular formula is C23H17Cl2F9N2O2. The van der Waals surface area contributed by atoms with Gasteiger partial charge in [-0.1, -0.05) is 47.5 Å². The van der Waals surface area contributed by atoms with Crippen LogP contribution in [0.2, 0.25) is 10.0 Å². The van der Waals surface area contributed by atoms with Crippen LogP contribution in [0, 0.1) is 0 Å². The number of carbonyl (C=O) groups is 2. The van der Waals surface area contributed by atoms with E-state index in [1.165, 1.54) is 5.32 Å². The molecule has 208 valence electrons. The van der Waals surface area contributed by atoms with Gasteiger partial charge in [-0.05, 0) is 42.3 Å². The molecule has 2 aromatic rings. The van der Waals surface area contributed by atoms with Crippen molar-refractivity contribution < 1.29 is 49.1 Å². The van der Waals surface area contributed by atoms with Crippen molar-refractivity contribution in [1.82, 2.24) is 10.6 Å². The lowest BCUT2D eigenvalue weighted by atomic mass is 9.96. The average molecular weight is 595 g/mol. The van der Waals surface area contributed by atoms with Crippen LogP contribution in [-0.2, 0) is 11.0 Å². The van der Waals surface area contributed by atoms with Gasteiger partial charge in [-0.15, -0.1) is 0 Å². The SMILES string of the molecule is CC(NC(=O)c1ccc(/C=C/C(c2ccc(Cl)c(Cl)c2)C(F)(F)F)cc1C(F)(F)F)C(=O)NCC(F)(F)F. The number of rotatable bonds is 7. The largest absolute Gasteiger partial charge is 0.417 e. The number of allylic oxidation sites excluding steroid dienone is 1. The molecule has 0 heterocycles. The van der Waals surface area contributed by atoms with Crippen molar-refractivity contribution in [3.05, 3.63) is 74.8 Å². The summed E-state index contributed by atoms with van der Waals surface area (Å²) in [4.78, 5) is 24.1. The fourth-order valence-electron chi connectivity index (χ4n) is 3.10. The summed E-state index contributed by atoms with van der Waals surface area (Å²) >= 11 is 11.5. The van der Waals surface area contributed by atoms with Gasteiger partial charge in [0.2, 0.25) is 5.91 Å². The second-order valence-corrected chi connectivity index (χ2v) is 8.70. The predicted molar refractivity (Wildman–Crippen MR) is 122 cm³/mol. The molecule has 4 nitrogen and oxygen atoms in total. The van der Waals surface area contributed by atoms with Crippen LogP contribution in [0.15, 0.2) is 42.5 Å². The standard InChI is InChI=1S/C23H17Cl2F9N2O2/c1-11(19(37)35-10-21(26,27)28)36-20(38)14-5-2-12(8-16(14)23(32,33)34)3-6-15(22(29,30)31)13-4-7-17(24)18(25)9-13/h2-9,11,15H,10H2,1H3,(H,35,37)(H,36,38)/b6-3+. The smallest absolute Gasteiger partial charge is 0.345 e. The number of alkyl halides is 9. The molecule has 2 rings (SSSR count). The van der Waals surface area contributed by atoms with Gasteiger partial charge in [0.1, 0.15) is 12.6 Å². The highest BCUT2D eigenvalue weighted by Crippen LogP contribution is 2.39. The number of benzene rings is 2. The third-order valence-corrected chi connectivity index (χ3v) is 5.67. The van der Waals surface area contributed by atoms with Gasteiger partial charge < -0.3 is 10.6 Å². The Morgan fingerprint density at radius 2 is 1.55 bits per heavy atom. The maximum Gasteiger partial charge on any atom is 0.417 e. The van der Waals surface area contributed by atoms with Crippen molar-refractivity contribution in [3.63, 3.8) is 0 Å². The molecule has 0 spiro atoms. The molecule has 2 aromatic carbocycles. The Morgan fingerprint density at radius 1 is 0.921 bits per heavy atom. The van der Waals surface area contributed by atoms with E-state index in [1.807, 2.05) is 5.32 Å². The third kappa shape index (κ3) is 8.83. The Balaban J connectivity index is 2.34. The molecule has 0 saturated carbocycles. The van der Waals surface area contributed by atoms with Crippen LogP contribution in [0.4, 0.5) is 39.5 Å². The molecule has 0 bridgehead atoms. The first-order valence-corrected chi connectivity index (χ1v) is 11.1. The molecule has 38 heavy (non-hydrogen) atoms. The monoisotopic (exact) mass is 594 g/mol. The predicted octanol–water partition coefficient (Wildman–Crippen LogP) is 7.17. The number of halogens is 11. The highest BCUT2D eigenvalue weighted by atomic mass is 35.5. The highest BCUT2D eigenvalue weighted by Gasteiger charge is 2.39. The van der Waals surface area contributed by atoms with Crippen LogP contribution >= 0.6 is 23.2 Å². The molecule has 15 heteroatoms. The van der Waals surface area contributed by atoms with Crippen LogP contribution in [0.5, 0.6) is 0 Å². The number of hydrogen-bond acceptors (Lipinski definition) is 2. The van der Waals surface area contributed by atoms with Crippen LogP contribution in [0.25, 0.3) is 6.08 Å². The molecule has 0 fully saturated rings. The third-order valence-electron chi connectivity index (χ3n) is 4.93. The first kappa shape index (κ1) is 31.3. The minimum atomic E-state index is -5.15. The van der Waals surface area contributed by atoms with Crippen molar-refractivity contribution in [1.29, 1.82) is 0 Å². The number of amides is 2. The molecule has 2 atom stereocenters. The summed E-state index contributed by atoms with van der Waals surface area (Å²) in [6.07, 6.45) is -13.4. The quantitative estimate of drug-likeness (QED) is 0.334. The van der Waals surface area contributed by atoms with Gasteiger partial charge in [0.15, 0.2) is 0 Å². The van der Waals surface area contributed by atoms with E-state index in [9.17, 15) is 49.1 Å². The lowest BCUT2D eigenvalue weighted by molar-refractivity contribution is -0.139. The second kappa shape index (κ2) is 11.9. The Hall–Kier alpha value is -2.93. The van der Waals surface area contributed by atoms with Gasteiger partial charge >= 0.3 is 18.5 Å². The number of carbonyl (C=O) groups excluding carboxylic acids is 2. The molecule has 0 aromatic heterocycles. The van der Waals surface area contributed by atoms with Gasteiger partial charge in [-0.25, -0.2) is 0 Å². The molecule has 0 aliphatic heterocycles. The molecule has 2 amide bonds. The summed E-state index contributed by atoms with van der Waals surface area (Å²) in [6.45, 7) is -0.768. The van der Waals surface area contributed by atoms with Gasteiger partial charge in [0.05, 0.1) is 27.1 Å². The van der Waals surface area contributed by atoms with Gasteiger partial charge in [-0.2, -0.15) is 39.5 Å². The zero-order valence-corrected chi connectivity index (χ0v) is 20.5. The van der Waals surface area contributed by atoms with E-state index in [1.54, 1.807) is 0 Å². The van der Waals surface area contributed by atoms with E-state index >= 15 is 0 Å². The molecule has 0 radical (unpaired) electrons. The van der Waals surface area contributed by atoms with Crippen molar-refractivity contribution >= 4 is 41.1 Å². The number of nitrogens with one attached hydrogen (secondary N) is 2. The maximum atomic E-state index is 13.7. The topological polar surface area (TPSA) is 58.2 Å². The van der Waals surface area contributed by atoms with E-state index in [0.717, 1.165) is 37.3 Å². The van der Waals surface area contributed by atoms with Gasteiger partial charge in [0, 0.05) is 0 Å². The minimum absolute atomic E-state index is 0.00356. The van der Waals surface area contributed by atoms with E-state index in [0.29, 0.717) is 18.2 Å². The van der Waals surface area contributed by atoms with E-state index in [-0.39, 0.29) is 21.2 Å². The number of hydrogen-bond donors (Lipinski definition) is 2. The van der Waals surface area contributed by atoms with Crippen LogP contribution in [0.3, 0.4) is 0 Å². The van der Waals surface area contributed by atoms with Crippen LogP contribution in [-0.4, -0.2) is 36.8 Å². The summed E-state index contributed by atoms with van der Waals surface area (Å²) in [6, 6.07) is 3.53. The molecule has 2 N–H and O–H groups in total. The van der Waals surface area contributed by atoms with E-state index < -0.39 is 60.0 Å². The Bertz CT molecular complexity index is 1210. The summed E-state index contributed by atoms with van der Waals surface area (Å²) in [5, 5.41) is 3.16.